The lowest BCUT2D eigenvalue weighted by Crippen LogP contribution is -2.55. The Bertz CT molecular complexity index is 5980. The molecule has 1 aliphatic carbocycles. The predicted molar refractivity (Wildman–Crippen MR) is 482 cm³/mol. The van der Waals surface area contributed by atoms with Crippen molar-refractivity contribution in [3.63, 3.8) is 0 Å². The summed E-state index contributed by atoms with van der Waals surface area (Å²) in [5, 5.41) is 17.2. The summed E-state index contributed by atoms with van der Waals surface area (Å²) in [5.41, 5.74) is -0.339. The molecule has 1 aliphatic rings. The van der Waals surface area contributed by atoms with Crippen molar-refractivity contribution < 1.29 is 146 Å². The van der Waals surface area contributed by atoms with Crippen molar-refractivity contribution in [2.75, 3.05) is 20.8 Å². The molecule has 0 aliphatic heterocycles. The lowest BCUT2D eigenvalue weighted by atomic mass is 9.77. The largest absolute Gasteiger partial charge is 0.573 e. The van der Waals surface area contributed by atoms with Crippen LogP contribution in [0.1, 0.15) is 112 Å². The zero-order chi connectivity index (χ0) is 102. The van der Waals surface area contributed by atoms with Gasteiger partial charge in [0, 0.05) is 54.9 Å². The summed E-state index contributed by atoms with van der Waals surface area (Å²) in [6.07, 6.45) is -23.9. The number of carbonyl (C=O) groups excluding carboxylic acids is 5. The molecule has 6 amide bonds. The van der Waals surface area contributed by atoms with E-state index in [2.05, 4.69) is 71.9 Å². The van der Waals surface area contributed by atoms with E-state index in [4.69, 9.17) is 14.2 Å². The number of H-pyrrole nitrogens is 1. The van der Waals surface area contributed by atoms with Gasteiger partial charge >= 0.3 is 68.2 Å². The van der Waals surface area contributed by atoms with Crippen molar-refractivity contribution in [3.8, 4) is 34.5 Å². The number of rotatable bonds is 34. The first-order valence-corrected chi connectivity index (χ1v) is 43.4. The summed E-state index contributed by atoms with van der Waals surface area (Å²) in [6.45, 7) is 5.43. The molecular weight excluding hydrogens is 1890 g/mol. The normalized spacial score (nSPS) is 13.1. The van der Waals surface area contributed by atoms with Crippen molar-refractivity contribution in [2.45, 2.75) is 145 Å². The SMILES string of the molecule is C=C(OC)c1ccc(CNC(=O)NC(Cc2ccccc2)(c2cccc(OC(F)(F)F)c2)c2cccc(OC(F)(F)F)c2)cc1.CCOC(=O)[C@H](Cc1c[nH]c2ccccc12)NC(=O)NC(Cc1ccccc1)(c1cccc(OC(F)(F)F)c1)c1cccc(OC(F)(F)F)c1.COC(=O)[C@H](CC1CCCCC1)NC(=O)NC(Cc1ccccc1)(c1cccc(OC(F)(F)F)c1)c1cccc(OC(F)(F)F)c1. The van der Waals surface area contributed by atoms with Crippen LogP contribution in [-0.2, 0) is 72.6 Å². The second-order valence-electron chi connectivity index (χ2n) is 32.2. The molecule has 0 radical (unpaired) electrons. The molecule has 0 bridgehead atoms. The Labute approximate surface area is 796 Å². The molecule has 2 atom stereocenters. The number of benzene rings is 11. The molecule has 7 N–H and O–H groups in total. The Morgan fingerprint density at radius 3 is 1.02 bits per heavy atom. The van der Waals surface area contributed by atoms with E-state index in [1.807, 2.05) is 24.3 Å². The van der Waals surface area contributed by atoms with Crippen LogP contribution in [0.3, 0.4) is 0 Å². The fraction of sp³-hybridized carbons (Fsp3) is 0.265. The highest BCUT2D eigenvalue weighted by Crippen LogP contribution is 2.44. The monoisotopic (exact) mass is 1980 g/mol. The Kier molecular flexibility index (Phi) is 35.4. The smallest absolute Gasteiger partial charge is 0.497 e. The molecule has 11 aromatic carbocycles. The van der Waals surface area contributed by atoms with Crippen molar-refractivity contribution >= 4 is 46.7 Å². The quantitative estimate of drug-likeness (QED) is 0.0112. The first-order chi connectivity index (χ1) is 66.8. The topological polar surface area (TPSA) is 256 Å². The van der Waals surface area contributed by atoms with Gasteiger partial charge in [0.05, 0.1) is 37.4 Å². The molecule has 1 fully saturated rings. The van der Waals surface area contributed by atoms with Gasteiger partial charge in [0.25, 0.3) is 0 Å². The van der Waals surface area contributed by atoms with Gasteiger partial charge in [-0.25, -0.2) is 24.0 Å². The van der Waals surface area contributed by atoms with Crippen molar-refractivity contribution in [2.24, 2.45) is 5.92 Å². The Morgan fingerprint density at radius 2 is 0.695 bits per heavy atom. The third-order valence-corrected chi connectivity index (χ3v) is 22.3. The summed E-state index contributed by atoms with van der Waals surface area (Å²) in [7, 11) is 2.67. The number of hydrogen-bond donors (Lipinski definition) is 7. The van der Waals surface area contributed by atoms with Gasteiger partial charge in [0.1, 0.15) is 52.3 Å². The molecule has 746 valence electrons. The number of ether oxygens (including phenoxy) is 9. The molecule has 39 heteroatoms. The first kappa shape index (κ1) is 106. The summed E-state index contributed by atoms with van der Waals surface area (Å²) in [5.74, 6) is -4.51. The standard InChI is InChI=1S/C36H31F6N3O5.C33H34F6N2O5.C33H28F6N2O4/c1-2-48-32(46)31(18-24-22-43-30-17-7-6-16-29(24)30)44-33(47)45-34(21-23-10-4-3-5-11-23,25-12-8-14-27(19-25)49-35(37,38)39)26-13-9-15-28(20-26)50-36(40,41)42;1-44-29(42)28(18-22-10-4-2-5-11-22)40-30(43)41-31(21-23-12-6-3-7-13-23,24-14-8-16-26(19-24)45-32(34,35)36)25-15-9-17-27(20-25)46-33(37,38)39;1-22(43-2)25-16-14-24(15-17-25)21-40-30(42)41-31(20-23-8-4-3-5-9-23,26-10-6-12-28(18-26)44-32(34,35)36)27-11-7-13-29(19-27)45-33(37,38)39/h3-17,19-20,22,31,43H,2,18,21H2,1H3,(H2,44,45,47);3,6-9,12-17,19-20,22,28H,2,4-5,10-11,18,21H2,1H3,(H2,40,41,43);3-19H,1,20-21H2,2H3,(H2,40,41,42)/t31-;28-;/m00./s1. The van der Waals surface area contributed by atoms with Crippen LogP contribution in [0.2, 0.25) is 0 Å². The maximum Gasteiger partial charge on any atom is 0.573 e. The average molecular weight is 1980 g/mol. The Balaban J connectivity index is 0.000000202. The van der Waals surface area contributed by atoms with E-state index in [9.17, 15) is 103 Å². The van der Waals surface area contributed by atoms with Gasteiger partial charge in [-0.3, -0.25) is 0 Å². The number of alkyl halides is 18. The zero-order valence-corrected chi connectivity index (χ0v) is 75.2. The molecular formula is C102H93F18N7O14. The van der Waals surface area contributed by atoms with E-state index in [0.717, 1.165) is 121 Å². The number of aromatic nitrogens is 1. The number of methoxy groups -OCH3 is 2. The number of halogens is 18. The van der Waals surface area contributed by atoms with Gasteiger partial charge in [-0.05, 0) is 159 Å². The summed E-state index contributed by atoms with van der Waals surface area (Å²) >= 11 is 0. The Morgan fingerprint density at radius 1 is 0.369 bits per heavy atom. The van der Waals surface area contributed by atoms with Crippen LogP contribution < -0.4 is 60.3 Å². The molecule has 0 spiro atoms. The minimum Gasteiger partial charge on any atom is -0.497 e. The Hall–Kier alpha value is -15.2. The van der Waals surface area contributed by atoms with Crippen molar-refractivity contribution in [3.05, 3.63) is 365 Å². The van der Waals surface area contributed by atoms with Crippen molar-refractivity contribution in [1.29, 1.82) is 0 Å². The van der Waals surface area contributed by atoms with Gasteiger partial charge in [-0.1, -0.05) is 245 Å². The fourth-order valence-corrected chi connectivity index (χ4v) is 16.3. The number of urea groups is 3. The van der Waals surface area contributed by atoms with E-state index in [1.165, 1.54) is 87.0 Å². The molecule has 12 aromatic rings. The molecule has 21 nitrogen and oxygen atoms in total. The highest BCUT2D eigenvalue weighted by molar-refractivity contribution is 5.88. The second kappa shape index (κ2) is 47.0. The van der Waals surface area contributed by atoms with Gasteiger partial charge in [-0.15, -0.1) is 79.0 Å². The predicted octanol–water partition coefficient (Wildman–Crippen LogP) is 23.8. The highest BCUT2D eigenvalue weighted by Gasteiger charge is 2.46. The van der Waals surface area contributed by atoms with Gasteiger partial charge in [-0.2, -0.15) is 0 Å². The molecule has 141 heavy (non-hydrogen) atoms. The number of para-hydroxylation sites is 1. The van der Waals surface area contributed by atoms with E-state index >= 15 is 0 Å². The first-order valence-electron chi connectivity index (χ1n) is 43.4. The number of fused-ring (bicyclic) bond motifs is 1. The maximum atomic E-state index is 14.1. The van der Waals surface area contributed by atoms with Gasteiger partial charge in [0.15, 0.2) is 0 Å². The molecule has 0 saturated heterocycles. The van der Waals surface area contributed by atoms with Gasteiger partial charge in [0.2, 0.25) is 0 Å². The molecule has 0 unspecified atom stereocenters. The minimum absolute atomic E-state index is 0.00244. The van der Waals surface area contributed by atoms with Crippen LogP contribution in [0.5, 0.6) is 34.5 Å². The highest BCUT2D eigenvalue weighted by atomic mass is 19.4. The number of carbonyl (C=O) groups is 5. The van der Waals surface area contributed by atoms with Gasteiger partial charge < -0.3 is 79.5 Å². The number of aromatic amines is 1. The zero-order valence-electron chi connectivity index (χ0n) is 75.2. The third kappa shape index (κ3) is 31.9. The van der Waals surface area contributed by atoms with E-state index in [-0.39, 0.29) is 78.1 Å². The summed E-state index contributed by atoms with van der Waals surface area (Å²) < 4.78 is 279. The summed E-state index contributed by atoms with van der Waals surface area (Å²) in [6, 6.07) is 63.8. The number of nitrogens with one attached hydrogen (secondary N) is 7. The lowest BCUT2D eigenvalue weighted by molar-refractivity contribution is -0.275. The third-order valence-electron chi connectivity index (χ3n) is 22.3. The molecule has 13 rings (SSSR count). The fourth-order valence-electron chi connectivity index (χ4n) is 16.3. The molecule has 1 heterocycles. The van der Waals surface area contributed by atoms with E-state index in [0.29, 0.717) is 40.0 Å². The average Bonchev–Trinajstić information content (AvgIpc) is 1.51. The summed E-state index contributed by atoms with van der Waals surface area (Å²) in [4.78, 5) is 70.5. The molecule has 1 saturated carbocycles. The van der Waals surface area contributed by atoms with Crippen LogP contribution in [-0.4, -0.2) is 106 Å². The van der Waals surface area contributed by atoms with Crippen LogP contribution in [0.4, 0.5) is 93.4 Å². The van der Waals surface area contributed by atoms with Crippen LogP contribution >= 0.6 is 0 Å². The van der Waals surface area contributed by atoms with E-state index < -0.39 is 131 Å². The van der Waals surface area contributed by atoms with Crippen LogP contribution in [0.25, 0.3) is 16.7 Å². The number of hydrogen-bond acceptors (Lipinski definition) is 14. The minimum atomic E-state index is -5.07. The number of amides is 6. The maximum absolute atomic E-state index is 14.1. The lowest BCUT2D eigenvalue weighted by Gasteiger charge is -2.37. The van der Waals surface area contributed by atoms with E-state index in [1.54, 1.807) is 128 Å². The van der Waals surface area contributed by atoms with Crippen LogP contribution in [0, 0.1) is 5.92 Å². The van der Waals surface area contributed by atoms with Crippen molar-refractivity contribution in [1.82, 2.24) is 36.9 Å². The number of esters is 2. The molecule has 1 aromatic heterocycles. The van der Waals surface area contributed by atoms with Crippen LogP contribution in [0.15, 0.2) is 298 Å². The second-order valence-corrected chi connectivity index (χ2v) is 32.2.